The fourth-order valence-electron chi connectivity index (χ4n) is 3.80. The maximum Gasteiger partial charge on any atom is 0.0271 e. The van der Waals surface area contributed by atoms with Gasteiger partial charge in [-0.2, -0.15) is 0 Å². The molecule has 0 spiro atoms. The van der Waals surface area contributed by atoms with Crippen LogP contribution in [-0.2, 0) is 6.54 Å². The second-order valence-corrected chi connectivity index (χ2v) is 7.00. The minimum atomic E-state index is 0. The predicted octanol–water partition coefficient (Wildman–Crippen LogP) is 3.66. The van der Waals surface area contributed by atoms with Gasteiger partial charge in [-0.3, -0.25) is 4.98 Å². The molecule has 1 aromatic heterocycles. The lowest BCUT2D eigenvalue weighted by atomic mass is 9.93. The summed E-state index contributed by atoms with van der Waals surface area (Å²) in [5.41, 5.74) is 1.33. The second kappa shape index (κ2) is 15.2. The highest BCUT2D eigenvalue weighted by atomic mass is 35.5. The minimum absolute atomic E-state index is 0. The van der Waals surface area contributed by atoms with E-state index in [0.717, 1.165) is 25.0 Å². The molecule has 2 aliphatic rings. The summed E-state index contributed by atoms with van der Waals surface area (Å²) in [5, 5.41) is 3.62. The molecule has 0 saturated carbocycles. The molecule has 3 heterocycles. The zero-order chi connectivity index (χ0) is 15.2. The van der Waals surface area contributed by atoms with Gasteiger partial charge in [0.05, 0.1) is 0 Å². The summed E-state index contributed by atoms with van der Waals surface area (Å²) in [7, 11) is 2.25. The molecule has 4 nitrogen and oxygen atoms in total. The number of aromatic nitrogens is 1. The summed E-state index contributed by atoms with van der Waals surface area (Å²) in [6.07, 6.45) is 9.18. The molecule has 0 unspecified atom stereocenters. The molecular weight excluding hydrogens is 414 g/mol. The Hall–Kier alpha value is 0.190. The third-order valence-corrected chi connectivity index (χ3v) is 5.37. The van der Waals surface area contributed by atoms with Crippen molar-refractivity contribution < 1.29 is 0 Å². The Morgan fingerprint density at radius 3 is 2.08 bits per heavy atom. The molecule has 0 amide bonds. The highest BCUT2D eigenvalue weighted by Crippen LogP contribution is 2.23. The van der Waals surface area contributed by atoms with Crippen LogP contribution in [0.15, 0.2) is 24.5 Å². The highest BCUT2D eigenvalue weighted by Gasteiger charge is 2.27. The van der Waals surface area contributed by atoms with Crippen molar-refractivity contribution in [1.82, 2.24) is 20.1 Å². The van der Waals surface area contributed by atoms with Gasteiger partial charge in [0.15, 0.2) is 0 Å². The number of piperidine rings is 2. The van der Waals surface area contributed by atoms with E-state index in [1.54, 1.807) is 0 Å². The predicted molar refractivity (Wildman–Crippen MR) is 120 cm³/mol. The molecule has 2 saturated heterocycles. The number of halogens is 4. The van der Waals surface area contributed by atoms with Gasteiger partial charge in [0.2, 0.25) is 0 Å². The van der Waals surface area contributed by atoms with Gasteiger partial charge in [0, 0.05) is 25.0 Å². The van der Waals surface area contributed by atoms with Gasteiger partial charge in [-0.05, 0) is 89.1 Å². The summed E-state index contributed by atoms with van der Waals surface area (Å²) in [6, 6.07) is 5.03. The Bertz CT molecular complexity index is 436. The van der Waals surface area contributed by atoms with Crippen LogP contribution in [0.25, 0.3) is 0 Å². The van der Waals surface area contributed by atoms with Crippen LogP contribution in [0.3, 0.4) is 0 Å². The zero-order valence-corrected chi connectivity index (χ0v) is 18.8. The van der Waals surface area contributed by atoms with E-state index in [4.69, 9.17) is 0 Å². The average molecular weight is 448 g/mol. The second-order valence-electron chi connectivity index (χ2n) is 7.00. The Morgan fingerprint density at radius 2 is 1.50 bits per heavy atom. The van der Waals surface area contributed by atoms with E-state index in [0.29, 0.717) is 0 Å². The number of hydrogen-bond donors (Lipinski definition) is 1. The Morgan fingerprint density at radius 1 is 0.923 bits per heavy atom. The van der Waals surface area contributed by atoms with Gasteiger partial charge in [0.1, 0.15) is 0 Å². The zero-order valence-electron chi connectivity index (χ0n) is 15.5. The molecule has 0 atom stereocenters. The highest BCUT2D eigenvalue weighted by molar-refractivity contribution is 5.86. The van der Waals surface area contributed by atoms with Gasteiger partial charge in [-0.1, -0.05) is 0 Å². The monoisotopic (exact) mass is 446 g/mol. The first kappa shape index (κ1) is 28.4. The summed E-state index contributed by atoms with van der Waals surface area (Å²) in [6.45, 7) is 7.28. The number of nitrogens with one attached hydrogen (secondary N) is 1. The summed E-state index contributed by atoms with van der Waals surface area (Å²) in [4.78, 5) is 9.29. The van der Waals surface area contributed by atoms with E-state index in [1.165, 1.54) is 57.4 Å². The molecule has 26 heavy (non-hydrogen) atoms. The molecule has 0 bridgehead atoms. The maximum atomic E-state index is 4.06. The lowest BCUT2D eigenvalue weighted by Gasteiger charge is -2.41. The van der Waals surface area contributed by atoms with Gasteiger partial charge >= 0.3 is 0 Å². The van der Waals surface area contributed by atoms with Crippen LogP contribution in [0.5, 0.6) is 0 Å². The van der Waals surface area contributed by atoms with Crippen LogP contribution in [-0.4, -0.2) is 60.6 Å². The third-order valence-electron chi connectivity index (χ3n) is 5.37. The number of rotatable bonds is 5. The maximum absolute atomic E-state index is 4.06. The molecule has 8 heteroatoms. The van der Waals surface area contributed by atoms with Crippen LogP contribution in [0.1, 0.15) is 31.2 Å². The fourth-order valence-corrected chi connectivity index (χ4v) is 3.80. The largest absolute Gasteiger partial charge is 0.312 e. The number of pyridine rings is 1. The Labute approximate surface area is 183 Å². The first-order valence-corrected chi connectivity index (χ1v) is 8.83. The van der Waals surface area contributed by atoms with Gasteiger partial charge in [-0.25, -0.2) is 0 Å². The van der Waals surface area contributed by atoms with Crippen LogP contribution < -0.4 is 5.32 Å². The first-order chi connectivity index (χ1) is 10.8. The Kier molecular flexibility index (Phi) is 16.6. The minimum Gasteiger partial charge on any atom is -0.312 e. The molecule has 0 aromatic carbocycles. The standard InChI is InChI=1S/C18H30N4.4ClH/c1-21-10-6-18(7-11-21)22-12-4-17(5-13-22)15-20-14-16-2-8-19-9-3-16;;;;/h2-3,8-9,17-18,20H,4-7,10-15H2,1H3;4*1H. The van der Waals surface area contributed by atoms with Crippen LogP contribution >= 0.6 is 49.6 Å². The van der Waals surface area contributed by atoms with E-state index < -0.39 is 0 Å². The summed E-state index contributed by atoms with van der Waals surface area (Å²) >= 11 is 0. The normalized spacial score (nSPS) is 19.4. The molecule has 154 valence electrons. The average Bonchev–Trinajstić information content (AvgIpc) is 2.57. The van der Waals surface area contributed by atoms with Crippen molar-refractivity contribution in [1.29, 1.82) is 0 Å². The van der Waals surface area contributed by atoms with Crippen LogP contribution in [0, 0.1) is 5.92 Å². The third kappa shape index (κ3) is 8.92. The quantitative estimate of drug-likeness (QED) is 0.745. The van der Waals surface area contributed by atoms with Crippen molar-refractivity contribution in [3.63, 3.8) is 0 Å². The SMILES string of the molecule is CN1CCC(N2CCC(CNCc3ccncc3)CC2)CC1.Cl.Cl.Cl.Cl. The Balaban J connectivity index is 0. The molecule has 1 N–H and O–H groups in total. The van der Waals surface area contributed by atoms with Crippen molar-refractivity contribution in [2.75, 3.05) is 39.8 Å². The van der Waals surface area contributed by atoms with Crippen molar-refractivity contribution in [2.24, 2.45) is 5.92 Å². The van der Waals surface area contributed by atoms with Crippen molar-refractivity contribution in [3.05, 3.63) is 30.1 Å². The van der Waals surface area contributed by atoms with Crippen molar-refractivity contribution in [3.8, 4) is 0 Å². The number of nitrogens with zero attached hydrogens (tertiary/aromatic N) is 3. The lowest BCUT2D eigenvalue weighted by molar-refractivity contribution is 0.0853. The topological polar surface area (TPSA) is 31.4 Å². The lowest BCUT2D eigenvalue weighted by Crippen LogP contribution is -2.47. The molecule has 2 aliphatic heterocycles. The van der Waals surface area contributed by atoms with Crippen LogP contribution in [0.2, 0.25) is 0 Å². The molecule has 0 radical (unpaired) electrons. The summed E-state index contributed by atoms with van der Waals surface area (Å²) in [5.74, 6) is 0.851. The van der Waals surface area contributed by atoms with E-state index >= 15 is 0 Å². The molecule has 2 fully saturated rings. The molecule has 0 aliphatic carbocycles. The van der Waals surface area contributed by atoms with E-state index in [1.807, 2.05) is 12.4 Å². The smallest absolute Gasteiger partial charge is 0.0271 e. The van der Waals surface area contributed by atoms with Gasteiger partial charge < -0.3 is 15.1 Å². The van der Waals surface area contributed by atoms with Gasteiger partial charge in [-0.15, -0.1) is 49.6 Å². The van der Waals surface area contributed by atoms with E-state index in [9.17, 15) is 0 Å². The van der Waals surface area contributed by atoms with Crippen LogP contribution in [0.4, 0.5) is 0 Å². The molecule has 3 rings (SSSR count). The van der Waals surface area contributed by atoms with E-state index in [2.05, 4.69) is 39.3 Å². The number of hydrogen-bond acceptors (Lipinski definition) is 4. The van der Waals surface area contributed by atoms with Gasteiger partial charge in [0.25, 0.3) is 0 Å². The fraction of sp³-hybridized carbons (Fsp3) is 0.722. The van der Waals surface area contributed by atoms with Crippen molar-refractivity contribution in [2.45, 2.75) is 38.3 Å². The molecular formula is C18H34Cl4N4. The van der Waals surface area contributed by atoms with Crippen molar-refractivity contribution >= 4 is 49.6 Å². The summed E-state index contributed by atoms with van der Waals surface area (Å²) < 4.78 is 0. The number of likely N-dealkylation sites (tertiary alicyclic amines) is 2. The van der Waals surface area contributed by atoms with E-state index in [-0.39, 0.29) is 49.6 Å². The molecule has 1 aromatic rings. The first-order valence-electron chi connectivity index (χ1n) is 8.83.